The van der Waals surface area contributed by atoms with E-state index >= 15 is 0 Å². The van der Waals surface area contributed by atoms with Gasteiger partial charge in [0, 0.05) is 36.8 Å². The van der Waals surface area contributed by atoms with Gasteiger partial charge in [-0.25, -0.2) is 4.98 Å². The summed E-state index contributed by atoms with van der Waals surface area (Å²) in [6.07, 6.45) is 0. The fourth-order valence-electron chi connectivity index (χ4n) is 2.53. The molecule has 1 atom stereocenters. The topological polar surface area (TPSA) is 28.2 Å². The largest absolute Gasteiger partial charge is 0.308 e. The molecule has 0 saturated carbocycles. The predicted octanol–water partition coefficient (Wildman–Crippen LogP) is 2.60. The van der Waals surface area contributed by atoms with Crippen LogP contribution in [0.2, 0.25) is 0 Å². The molecule has 0 spiro atoms. The second-order valence-electron chi connectivity index (χ2n) is 5.04. The monoisotopic (exact) mass is 273 g/mol. The normalized spacial score (nSPS) is 20.6. The number of thiazole rings is 1. The Hall–Kier alpha value is -1.23. The summed E-state index contributed by atoms with van der Waals surface area (Å²) in [5.74, 6) is 0. The van der Waals surface area contributed by atoms with Crippen molar-refractivity contribution >= 4 is 11.3 Å². The van der Waals surface area contributed by atoms with E-state index in [-0.39, 0.29) is 0 Å². The van der Waals surface area contributed by atoms with Crippen LogP contribution in [0.1, 0.15) is 22.3 Å². The number of aryl methyl sites for hydroxylation is 1. The smallest absolute Gasteiger partial charge is 0.107 e. The molecule has 1 fully saturated rings. The summed E-state index contributed by atoms with van der Waals surface area (Å²) >= 11 is 1.77. The highest BCUT2D eigenvalue weighted by atomic mass is 32.1. The summed E-state index contributed by atoms with van der Waals surface area (Å²) in [7, 11) is 0. The van der Waals surface area contributed by atoms with Gasteiger partial charge in [0.2, 0.25) is 0 Å². The Kier molecular flexibility index (Phi) is 3.92. The lowest BCUT2D eigenvalue weighted by molar-refractivity contribution is 0.193. The van der Waals surface area contributed by atoms with Crippen LogP contribution < -0.4 is 5.32 Å². The minimum atomic E-state index is 0.441. The van der Waals surface area contributed by atoms with E-state index in [0.717, 1.165) is 31.9 Å². The van der Waals surface area contributed by atoms with Crippen LogP contribution in [0.5, 0.6) is 0 Å². The zero-order chi connectivity index (χ0) is 13.1. The van der Waals surface area contributed by atoms with Crippen molar-refractivity contribution in [3.63, 3.8) is 0 Å². The number of nitrogens with zero attached hydrogens (tertiary/aromatic N) is 2. The van der Waals surface area contributed by atoms with E-state index in [4.69, 9.17) is 0 Å². The van der Waals surface area contributed by atoms with Crippen LogP contribution >= 0.6 is 11.3 Å². The predicted molar refractivity (Wildman–Crippen MR) is 79.3 cm³/mol. The molecule has 3 rings (SSSR count). The van der Waals surface area contributed by atoms with Gasteiger partial charge in [0.1, 0.15) is 5.01 Å². The van der Waals surface area contributed by atoms with Gasteiger partial charge in [-0.2, -0.15) is 0 Å². The van der Waals surface area contributed by atoms with Crippen molar-refractivity contribution in [2.24, 2.45) is 0 Å². The van der Waals surface area contributed by atoms with Gasteiger partial charge in [-0.1, -0.05) is 30.3 Å². The maximum absolute atomic E-state index is 4.56. The van der Waals surface area contributed by atoms with Crippen molar-refractivity contribution in [1.29, 1.82) is 0 Å². The Bertz CT molecular complexity index is 523. The highest BCUT2D eigenvalue weighted by molar-refractivity contribution is 7.09. The maximum Gasteiger partial charge on any atom is 0.107 e. The Labute approximate surface area is 118 Å². The van der Waals surface area contributed by atoms with E-state index < -0.39 is 0 Å². The van der Waals surface area contributed by atoms with Gasteiger partial charge < -0.3 is 5.32 Å². The zero-order valence-corrected chi connectivity index (χ0v) is 12.0. The van der Waals surface area contributed by atoms with Crippen molar-refractivity contribution in [1.82, 2.24) is 15.2 Å². The van der Waals surface area contributed by atoms with Gasteiger partial charge in [0.05, 0.1) is 6.54 Å². The maximum atomic E-state index is 4.56. The average Bonchev–Trinajstić information content (AvgIpc) is 2.85. The summed E-state index contributed by atoms with van der Waals surface area (Å²) in [5.41, 5.74) is 2.51. The number of piperazine rings is 1. The fraction of sp³-hybridized carbons (Fsp3) is 0.400. The van der Waals surface area contributed by atoms with Crippen LogP contribution in [-0.4, -0.2) is 29.5 Å². The van der Waals surface area contributed by atoms with Gasteiger partial charge in [-0.3, -0.25) is 4.90 Å². The van der Waals surface area contributed by atoms with Crippen LogP contribution in [-0.2, 0) is 6.54 Å². The second-order valence-corrected chi connectivity index (χ2v) is 5.98. The minimum Gasteiger partial charge on any atom is -0.308 e. The number of rotatable bonds is 3. The molecule has 1 aliphatic heterocycles. The quantitative estimate of drug-likeness (QED) is 0.931. The molecule has 1 aromatic carbocycles. The lowest BCUT2D eigenvalue weighted by Gasteiger charge is -2.33. The Morgan fingerprint density at radius 1 is 1.37 bits per heavy atom. The lowest BCUT2D eigenvalue weighted by atomic mass is 10.0. The summed E-state index contributed by atoms with van der Waals surface area (Å²) in [5, 5.41) is 6.96. The number of nitrogens with one attached hydrogen (secondary N) is 1. The Morgan fingerprint density at radius 2 is 2.21 bits per heavy atom. The molecule has 19 heavy (non-hydrogen) atoms. The van der Waals surface area contributed by atoms with E-state index in [1.807, 2.05) is 0 Å². The highest BCUT2D eigenvalue weighted by Gasteiger charge is 2.21. The third-order valence-electron chi connectivity index (χ3n) is 3.49. The van der Waals surface area contributed by atoms with Gasteiger partial charge in [-0.05, 0) is 12.5 Å². The standard InChI is InChI=1S/C15H19N3S/c1-12-11-19-15(17-12)10-18-8-7-16-14(9-18)13-5-3-2-4-6-13/h2-6,11,14,16H,7-10H2,1H3. The average molecular weight is 273 g/mol. The molecule has 0 amide bonds. The molecule has 2 aromatic rings. The van der Waals surface area contributed by atoms with Crippen molar-refractivity contribution < 1.29 is 0 Å². The summed E-state index contributed by atoms with van der Waals surface area (Å²) in [6, 6.07) is 11.1. The third kappa shape index (κ3) is 3.21. The summed E-state index contributed by atoms with van der Waals surface area (Å²) < 4.78 is 0. The molecule has 100 valence electrons. The third-order valence-corrected chi connectivity index (χ3v) is 4.44. The molecule has 1 aromatic heterocycles. The van der Waals surface area contributed by atoms with E-state index in [2.05, 4.69) is 57.8 Å². The first-order chi connectivity index (χ1) is 9.31. The molecule has 1 saturated heterocycles. The molecule has 0 radical (unpaired) electrons. The summed E-state index contributed by atoms with van der Waals surface area (Å²) in [4.78, 5) is 7.05. The van der Waals surface area contributed by atoms with Gasteiger partial charge >= 0.3 is 0 Å². The molecular formula is C15H19N3S. The molecular weight excluding hydrogens is 254 g/mol. The van der Waals surface area contributed by atoms with Crippen molar-refractivity contribution in [2.45, 2.75) is 19.5 Å². The number of hydrogen-bond acceptors (Lipinski definition) is 4. The van der Waals surface area contributed by atoms with Gasteiger partial charge in [0.25, 0.3) is 0 Å². The van der Waals surface area contributed by atoms with Crippen molar-refractivity contribution in [3.05, 3.63) is 52.0 Å². The fourth-order valence-corrected chi connectivity index (χ4v) is 3.34. The molecule has 1 aliphatic rings. The SMILES string of the molecule is Cc1csc(CN2CCNC(c3ccccc3)C2)n1. The number of hydrogen-bond donors (Lipinski definition) is 1. The van der Waals surface area contributed by atoms with E-state index in [0.29, 0.717) is 6.04 Å². The zero-order valence-electron chi connectivity index (χ0n) is 11.2. The molecule has 2 heterocycles. The molecule has 4 heteroatoms. The second kappa shape index (κ2) is 5.82. The van der Waals surface area contributed by atoms with Crippen LogP contribution in [0.25, 0.3) is 0 Å². The molecule has 3 nitrogen and oxygen atoms in total. The summed E-state index contributed by atoms with van der Waals surface area (Å²) in [6.45, 7) is 6.24. The van der Waals surface area contributed by atoms with E-state index in [9.17, 15) is 0 Å². The van der Waals surface area contributed by atoms with Crippen molar-refractivity contribution in [2.75, 3.05) is 19.6 Å². The molecule has 0 aliphatic carbocycles. The first-order valence-corrected chi connectivity index (χ1v) is 7.61. The lowest BCUT2D eigenvalue weighted by Crippen LogP contribution is -2.45. The minimum absolute atomic E-state index is 0.441. The van der Waals surface area contributed by atoms with Gasteiger partial charge in [-0.15, -0.1) is 11.3 Å². The van der Waals surface area contributed by atoms with Gasteiger partial charge in [0.15, 0.2) is 0 Å². The van der Waals surface area contributed by atoms with E-state index in [1.165, 1.54) is 10.6 Å². The van der Waals surface area contributed by atoms with Crippen LogP contribution in [0.15, 0.2) is 35.7 Å². The van der Waals surface area contributed by atoms with Crippen LogP contribution in [0.3, 0.4) is 0 Å². The number of aromatic nitrogens is 1. The molecule has 1 unspecified atom stereocenters. The van der Waals surface area contributed by atoms with E-state index in [1.54, 1.807) is 11.3 Å². The highest BCUT2D eigenvalue weighted by Crippen LogP contribution is 2.19. The van der Waals surface area contributed by atoms with Crippen LogP contribution in [0.4, 0.5) is 0 Å². The van der Waals surface area contributed by atoms with Crippen molar-refractivity contribution in [3.8, 4) is 0 Å². The first-order valence-electron chi connectivity index (χ1n) is 6.73. The Balaban J connectivity index is 1.65. The molecule has 1 N–H and O–H groups in total. The van der Waals surface area contributed by atoms with Crippen LogP contribution in [0, 0.1) is 6.92 Å². The molecule has 0 bridgehead atoms. The Morgan fingerprint density at radius 3 is 2.95 bits per heavy atom. The number of benzene rings is 1. The first kappa shape index (κ1) is 12.8.